The summed E-state index contributed by atoms with van der Waals surface area (Å²) in [6, 6.07) is 6.42. The molecule has 1 aromatic carbocycles. The van der Waals surface area contributed by atoms with E-state index in [1.807, 2.05) is 0 Å². The van der Waals surface area contributed by atoms with Crippen LogP contribution in [0.1, 0.15) is 50.4 Å². The molecule has 4 rings (SSSR count). The summed E-state index contributed by atoms with van der Waals surface area (Å²) in [6.07, 6.45) is 2.62. The number of nitrogens with one attached hydrogen (secondary N) is 1. The summed E-state index contributed by atoms with van der Waals surface area (Å²) in [7, 11) is 0. The molecule has 232 valence electrons. The molecule has 0 spiro atoms. The summed E-state index contributed by atoms with van der Waals surface area (Å²) >= 11 is 0. The highest BCUT2D eigenvalue weighted by Crippen LogP contribution is 2.30. The Morgan fingerprint density at radius 2 is 1.56 bits per heavy atom. The van der Waals surface area contributed by atoms with Crippen LogP contribution in [-0.2, 0) is 43.4 Å². The third-order valence-electron chi connectivity index (χ3n) is 6.11. The van der Waals surface area contributed by atoms with Crippen LogP contribution in [0.4, 0.5) is 4.79 Å². The van der Waals surface area contributed by atoms with Gasteiger partial charge in [-0.05, 0) is 31.4 Å². The highest BCUT2D eigenvalue weighted by Gasteiger charge is 2.36. The Bertz CT molecular complexity index is 1150. The van der Waals surface area contributed by atoms with E-state index in [2.05, 4.69) is 41.6 Å². The summed E-state index contributed by atoms with van der Waals surface area (Å²) < 4.78 is 11.6. The Labute approximate surface area is 248 Å². The van der Waals surface area contributed by atoms with E-state index >= 15 is 0 Å². The Morgan fingerprint density at radius 1 is 0.930 bits per heavy atom. The molecule has 0 saturated carbocycles. The molecule has 14 nitrogen and oxygen atoms in total. The number of carbonyl (C=O) groups is 6. The molecule has 43 heavy (non-hydrogen) atoms. The molecule has 0 aliphatic carbocycles. The minimum atomic E-state index is -1.27. The van der Waals surface area contributed by atoms with Crippen molar-refractivity contribution in [1.29, 1.82) is 0 Å². The van der Waals surface area contributed by atoms with Crippen molar-refractivity contribution < 1.29 is 53.1 Å². The topological polar surface area (TPSA) is 167 Å². The molecule has 0 aromatic heterocycles. The quantitative estimate of drug-likeness (QED) is 0.123. The predicted molar refractivity (Wildman–Crippen MR) is 149 cm³/mol. The van der Waals surface area contributed by atoms with Gasteiger partial charge in [0, 0.05) is 55.1 Å². The van der Waals surface area contributed by atoms with E-state index in [-0.39, 0.29) is 43.6 Å². The van der Waals surface area contributed by atoms with Gasteiger partial charge in [0.1, 0.15) is 0 Å². The molecule has 2 fully saturated rings. The summed E-state index contributed by atoms with van der Waals surface area (Å²) in [4.78, 5) is 80.2. The van der Waals surface area contributed by atoms with Crippen LogP contribution in [0.2, 0.25) is 0 Å². The summed E-state index contributed by atoms with van der Waals surface area (Å²) in [5.74, 6) is -2.18. The zero-order valence-electron chi connectivity index (χ0n) is 23.7. The predicted octanol–water partition coefficient (Wildman–Crippen LogP) is 2.82. The first-order chi connectivity index (χ1) is 20.8. The molecular weight excluding hydrogens is 566 g/mol. The van der Waals surface area contributed by atoms with Gasteiger partial charge >= 0.3 is 6.09 Å². The summed E-state index contributed by atoms with van der Waals surface area (Å²) in [5, 5.41) is 7.16. The average molecular weight is 602 g/mol. The van der Waals surface area contributed by atoms with E-state index in [1.165, 1.54) is 24.3 Å². The smallest absolute Gasteiger partial charge is 0.356 e. The number of ether oxygens (including phenoxy) is 2. The van der Waals surface area contributed by atoms with Gasteiger partial charge in [-0.25, -0.2) is 9.68 Å². The Morgan fingerprint density at radius 3 is 2.19 bits per heavy atom. The van der Waals surface area contributed by atoms with Crippen LogP contribution < -0.4 is 10.2 Å². The van der Waals surface area contributed by atoms with Gasteiger partial charge in [0.2, 0.25) is 17.7 Å². The highest BCUT2D eigenvalue weighted by molar-refractivity contribution is 6.13. The first-order valence-electron chi connectivity index (χ1n) is 13.4. The van der Waals surface area contributed by atoms with E-state index in [9.17, 15) is 28.8 Å². The first kappa shape index (κ1) is 34.5. The monoisotopic (exact) mass is 601 g/mol. The maximum atomic E-state index is 11.9. The third kappa shape index (κ3) is 10.3. The van der Waals surface area contributed by atoms with E-state index in [4.69, 9.17) is 14.4 Å². The second-order valence-corrected chi connectivity index (χ2v) is 8.87. The van der Waals surface area contributed by atoms with Gasteiger partial charge in [-0.2, -0.15) is 4.90 Å². The Hall–Kier alpha value is -4.66. The molecule has 2 atom stereocenters. The maximum absolute atomic E-state index is 11.9. The number of hydrogen-bond donors (Lipinski definition) is 1. The normalized spacial score (nSPS) is 19.0. The fourth-order valence-corrected chi connectivity index (χ4v) is 4.04. The molecule has 0 bridgehead atoms. The van der Waals surface area contributed by atoms with Crippen molar-refractivity contribution in [2.24, 2.45) is 0 Å². The molecule has 1 aromatic rings. The van der Waals surface area contributed by atoms with Crippen LogP contribution in [0.3, 0.4) is 0 Å². The number of amides is 6. The zero-order valence-corrected chi connectivity index (χ0v) is 23.7. The van der Waals surface area contributed by atoms with Gasteiger partial charge in [-0.3, -0.25) is 33.8 Å². The van der Waals surface area contributed by atoms with E-state index in [1.54, 1.807) is 12.1 Å². The van der Waals surface area contributed by atoms with E-state index < -0.39 is 36.0 Å². The number of hydrogen-bond acceptors (Lipinski definition) is 11. The molecule has 14 heteroatoms. The second kappa shape index (κ2) is 18.0. The van der Waals surface area contributed by atoms with Crippen LogP contribution in [-0.4, -0.2) is 71.2 Å². The lowest BCUT2D eigenvalue weighted by molar-refractivity contribution is -0.431. The van der Waals surface area contributed by atoms with Crippen molar-refractivity contribution in [3.8, 4) is 5.75 Å². The molecule has 1 N–H and O–H groups in total. The molecule has 2 saturated heterocycles. The lowest BCUT2D eigenvalue weighted by Gasteiger charge is -2.14. The van der Waals surface area contributed by atoms with Crippen molar-refractivity contribution in [2.75, 3.05) is 19.7 Å². The van der Waals surface area contributed by atoms with Crippen molar-refractivity contribution in [3.63, 3.8) is 0 Å². The molecule has 2 unspecified atom stereocenters. The summed E-state index contributed by atoms with van der Waals surface area (Å²) in [5.41, 5.74) is 0.729. The van der Waals surface area contributed by atoms with Crippen molar-refractivity contribution in [2.45, 2.75) is 50.9 Å². The van der Waals surface area contributed by atoms with Gasteiger partial charge in [-0.1, -0.05) is 12.1 Å². The number of nitrogens with zero attached hydrogens (tertiary/aromatic N) is 2. The van der Waals surface area contributed by atoms with Gasteiger partial charge in [0.05, 0.1) is 12.7 Å². The lowest BCUT2D eigenvalue weighted by atomic mass is 10.1. The molecule has 3 aliphatic rings. The largest absolute Gasteiger partial charge is 0.458 e. The van der Waals surface area contributed by atoms with Gasteiger partial charge in [0.15, 0.2) is 12.0 Å². The highest BCUT2D eigenvalue weighted by atomic mass is 17.5. The molecule has 6 amide bonds. The number of imide groups is 4. The molecule has 3 heterocycles. The third-order valence-corrected chi connectivity index (χ3v) is 6.11. The fourth-order valence-electron chi connectivity index (χ4n) is 4.04. The van der Waals surface area contributed by atoms with E-state index in [0.717, 1.165) is 29.7 Å². The SMILES string of the molecule is C=C.C=C.O=C(CCN1C(=O)C=CC1=O)NCCCCC1COC(c2ccc(OOOC(=O)N3C(=O)CCC3=O)cc2)O1. The summed E-state index contributed by atoms with van der Waals surface area (Å²) in [6.45, 7) is 12.9. The number of carbonyl (C=O) groups excluding carboxylic acids is 6. The Balaban J connectivity index is 0.00000155. The van der Waals surface area contributed by atoms with Crippen molar-refractivity contribution in [1.82, 2.24) is 15.1 Å². The van der Waals surface area contributed by atoms with Crippen LogP contribution in [0.25, 0.3) is 0 Å². The fraction of sp³-hybridized carbons (Fsp3) is 0.379. The number of rotatable bonds is 12. The maximum Gasteiger partial charge on any atom is 0.458 e. The zero-order chi connectivity index (χ0) is 31.8. The number of unbranched alkanes of at least 4 members (excludes halogenated alkanes) is 1. The van der Waals surface area contributed by atoms with Gasteiger partial charge in [-0.15, -0.1) is 26.3 Å². The molecule has 3 aliphatic heterocycles. The van der Waals surface area contributed by atoms with Crippen LogP contribution in [0.5, 0.6) is 5.75 Å². The lowest BCUT2D eigenvalue weighted by Crippen LogP contribution is -2.36. The molecular formula is C29H35N3O11. The first-order valence-corrected chi connectivity index (χ1v) is 13.4. The van der Waals surface area contributed by atoms with Crippen LogP contribution in [0.15, 0.2) is 62.7 Å². The second-order valence-electron chi connectivity index (χ2n) is 8.87. The van der Waals surface area contributed by atoms with Crippen LogP contribution >= 0.6 is 0 Å². The van der Waals surface area contributed by atoms with Gasteiger partial charge in [0.25, 0.3) is 11.8 Å². The number of likely N-dealkylation sites (tertiary alicyclic amines) is 1. The molecule has 0 radical (unpaired) electrons. The standard InChI is InChI=1S/C25H27N3O11.2C2H4/c29-19(12-14-27-20(30)8-9-21(27)31)26-13-2-1-3-18-15-35-24(36-18)16-4-6-17(7-5-16)37-39-38-25(34)28-22(32)10-11-23(28)33;2*1-2/h4-9,18,24H,1-3,10-15H2,(H,26,29);2*1-2H2. The van der Waals surface area contributed by atoms with Crippen molar-refractivity contribution >= 4 is 35.6 Å². The van der Waals surface area contributed by atoms with Gasteiger partial charge < -0.3 is 14.8 Å². The van der Waals surface area contributed by atoms with Crippen LogP contribution in [0, 0.1) is 0 Å². The van der Waals surface area contributed by atoms with Crippen molar-refractivity contribution in [3.05, 3.63) is 68.3 Å². The minimum Gasteiger partial charge on any atom is -0.356 e. The Kier molecular flexibility index (Phi) is 14.5. The minimum absolute atomic E-state index is 0.0573. The average Bonchev–Trinajstić information content (AvgIpc) is 3.72. The van der Waals surface area contributed by atoms with E-state index in [0.29, 0.717) is 18.1 Å². The number of benzene rings is 1.